The van der Waals surface area contributed by atoms with Gasteiger partial charge in [0.25, 0.3) is 0 Å². The average molecular weight is 180 g/mol. The SMILES string of the molecule is Cl.NCc1cn(CCF)cn1. The molecule has 0 bridgehead atoms. The van der Waals surface area contributed by atoms with Crippen molar-refractivity contribution in [3.63, 3.8) is 0 Å². The molecule has 0 aliphatic heterocycles. The van der Waals surface area contributed by atoms with Gasteiger partial charge >= 0.3 is 0 Å². The van der Waals surface area contributed by atoms with E-state index in [9.17, 15) is 4.39 Å². The van der Waals surface area contributed by atoms with Crippen molar-refractivity contribution < 1.29 is 4.39 Å². The van der Waals surface area contributed by atoms with E-state index in [1.807, 2.05) is 0 Å². The maximum absolute atomic E-state index is 11.7. The molecule has 0 unspecified atom stereocenters. The number of aromatic nitrogens is 2. The number of alkyl halides is 1. The summed E-state index contributed by atoms with van der Waals surface area (Å²) in [5, 5.41) is 0. The molecule has 2 N–H and O–H groups in total. The standard InChI is InChI=1S/C6H10FN3.ClH/c7-1-2-10-4-6(3-8)9-5-10;/h4-5H,1-3,8H2;1H. The first-order valence-corrected chi connectivity index (χ1v) is 3.13. The van der Waals surface area contributed by atoms with E-state index in [4.69, 9.17) is 5.73 Å². The number of halogens is 2. The Bertz CT molecular complexity index is 201. The zero-order chi connectivity index (χ0) is 7.40. The number of aryl methyl sites for hydroxylation is 1. The maximum Gasteiger partial charge on any atom is 0.107 e. The van der Waals surface area contributed by atoms with Gasteiger partial charge in [0.05, 0.1) is 18.6 Å². The van der Waals surface area contributed by atoms with Crippen LogP contribution in [0, 0.1) is 0 Å². The van der Waals surface area contributed by atoms with Gasteiger partial charge in [-0.3, -0.25) is 0 Å². The zero-order valence-corrected chi connectivity index (χ0v) is 6.85. The Kier molecular flexibility index (Phi) is 4.81. The molecule has 0 saturated heterocycles. The summed E-state index contributed by atoms with van der Waals surface area (Å²) < 4.78 is 13.4. The normalized spacial score (nSPS) is 9.27. The summed E-state index contributed by atoms with van der Waals surface area (Å²) in [7, 11) is 0. The molecule has 1 aromatic heterocycles. The third kappa shape index (κ3) is 2.86. The number of hydrogen-bond acceptors (Lipinski definition) is 2. The summed E-state index contributed by atoms with van der Waals surface area (Å²) in [4.78, 5) is 3.92. The van der Waals surface area contributed by atoms with Gasteiger partial charge in [-0.2, -0.15) is 0 Å². The van der Waals surface area contributed by atoms with E-state index >= 15 is 0 Å². The number of nitrogens with zero attached hydrogens (tertiary/aromatic N) is 2. The lowest BCUT2D eigenvalue weighted by atomic mass is 10.5. The molecule has 1 rings (SSSR count). The topological polar surface area (TPSA) is 43.8 Å². The van der Waals surface area contributed by atoms with E-state index in [2.05, 4.69) is 4.98 Å². The highest BCUT2D eigenvalue weighted by molar-refractivity contribution is 5.85. The van der Waals surface area contributed by atoms with Crippen molar-refractivity contribution in [3.8, 4) is 0 Å². The van der Waals surface area contributed by atoms with Gasteiger partial charge in [-0.15, -0.1) is 12.4 Å². The third-order valence-corrected chi connectivity index (χ3v) is 1.24. The van der Waals surface area contributed by atoms with Crippen molar-refractivity contribution in [1.82, 2.24) is 9.55 Å². The minimum atomic E-state index is -0.361. The molecule has 3 nitrogen and oxygen atoms in total. The van der Waals surface area contributed by atoms with Crippen LogP contribution in [0.4, 0.5) is 4.39 Å². The van der Waals surface area contributed by atoms with Gasteiger partial charge in [-0.25, -0.2) is 9.37 Å². The highest BCUT2D eigenvalue weighted by Crippen LogP contribution is 1.93. The fourth-order valence-corrected chi connectivity index (χ4v) is 0.732. The summed E-state index contributed by atoms with van der Waals surface area (Å²) in [5.41, 5.74) is 6.09. The molecule has 5 heteroatoms. The van der Waals surface area contributed by atoms with E-state index in [0.717, 1.165) is 5.69 Å². The zero-order valence-electron chi connectivity index (χ0n) is 6.03. The van der Waals surface area contributed by atoms with Crippen LogP contribution < -0.4 is 5.73 Å². The van der Waals surface area contributed by atoms with Crippen LogP contribution in [0.25, 0.3) is 0 Å². The molecular formula is C6H11ClFN3. The van der Waals surface area contributed by atoms with Crippen molar-refractivity contribution in [2.24, 2.45) is 5.73 Å². The first-order chi connectivity index (χ1) is 4.86. The lowest BCUT2D eigenvalue weighted by Crippen LogP contribution is -1.97. The van der Waals surface area contributed by atoms with Crippen LogP contribution in [0.15, 0.2) is 12.5 Å². The van der Waals surface area contributed by atoms with Crippen LogP contribution in [0.3, 0.4) is 0 Å². The van der Waals surface area contributed by atoms with E-state index in [-0.39, 0.29) is 19.1 Å². The second kappa shape index (κ2) is 5.09. The largest absolute Gasteiger partial charge is 0.335 e. The van der Waals surface area contributed by atoms with Gasteiger partial charge in [0.15, 0.2) is 0 Å². The van der Waals surface area contributed by atoms with Crippen molar-refractivity contribution in [2.45, 2.75) is 13.1 Å². The number of imidazole rings is 1. The summed E-state index contributed by atoms with van der Waals surface area (Å²) in [6, 6.07) is 0. The summed E-state index contributed by atoms with van der Waals surface area (Å²) in [6.45, 7) is 0.423. The van der Waals surface area contributed by atoms with Gasteiger partial charge in [-0.05, 0) is 0 Å². The minimum Gasteiger partial charge on any atom is -0.335 e. The molecule has 64 valence electrons. The average Bonchev–Trinajstić information content (AvgIpc) is 2.37. The van der Waals surface area contributed by atoms with Crippen LogP contribution in [-0.4, -0.2) is 16.2 Å². The molecule has 1 heterocycles. The van der Waals surface area contributed by atoms with E-state index in [1.165, 1.54) is 0 Å². The summed E-state index contributed by atoms with van der Waals surface area (Å²) >= 11 is 0. The molecule has 0 atom stereocenters. The Balaban J connectivity index is 0.000001000. The highest BCUT2D eigenvalue weighted by atomic mass is 35.5. The number of rotatable bonds is 3. The van der Waals surface area contributed by atoms with Crippen molar-refractivity contribution in [2.75, 3.05) is 6.67 Å². The Hall–Kier alpha value is -0.610. The molecule has 0 radical (unpaired) electrons. The smallest absolute Gasteiger partial charge is 0.107 e. The molecule has 0 aliphatic carbocycles. The molecule has 0 fully saturated rings. The molecule has 0 aromatic carbocycles. The van der Waals surface area contributed by atoms with Crippen LogP contribution in [0.2, 0.25) is 0 Å². The van der Waals surface area contributed by atoms with Crippen LogP contribution in [-0.2, 0) is 13.1 Å². The first-order valence-electron chi connectivity index (χ1n) is 3.13. The van der Waals surface area contributed by atoms with E-state index in [0.29, 0.717) is 13.1 Å². The molecule has 0 aliphatic rings. The quantitative estimate of drug-likeness (QED) is 0.744. The van der Waals surface area contributed by atoms with Crippen LogP contribution in [0.5, 0.6) is 0 Å². The Morgan fingerprint density at radius 2 is 2.36 bits per heavy atom. The first kappa shape index (κ1) is 10.4. The van der Waals surface area contributed by atoms with Crippen LogP contribution in [0.1, 0.15) is 5.69 Å². The van der Waals surface area contributed by atoms with Gasteiger partial charge < -0.3 is 10.3 Å². The molecule has 1 aromatic rings. The Morgan fingerprint density at radius 1 is 1.64 bits per heavy atom. The predicted molar refractivity (Wildman–Crippen MR) is 43.3 cm³/mol. The van der Waals surface area contributed by atoms with Crippen molar-refractivity contribution >= 4 is 12.4 Å². The van der Waals surface area contributed by atoms with Crippen molar-refractivity contribution in [3.05, 3.63) is 18.2 Å². The monoisotopic (exact) mass is 179 g/mol. The maximum atomic E-state index is 11.7. The molecule has 0 amide bonds. The van der Waals surface area contributed by atoms with Gasteiger partial charge in [-0.1, -0.05) is 0 Å². The Labute approximate surface area is 70.8 Å². The second-order valence-corrected chi connectivity index (χ2v) is 2.00. The van der Waals surface area contributed by atoms with Crippen LogP contribution >= 0.6 is 12.4 Å². The van der Waals surface area contributed by atoms with Gasteiger partial charge in [0, 0.05) is 12.7 Å². The molecule has 0 saturated carbocycles. The third-order valence-electron chi connectivity index (χ3n) is 1.24. The summed E-state index contributed by atoms with van der Waals surface area (Å²) in [6.07, 6.45) is 3.33. The summed E-state index contributed by atoms with van der Waals surface area (Å²) in [5.74, 6) is 0. The molecule has 0 spiro atoms. The Morgan fingerprint density at radius 3 is 2.82 bits per heavy atom. The van der Waals surface area contributed by atoms with E-state index in [1.54, 1.807) is 17.1 Å². The fraction of sp³-hybridized carbons (Fsp3) is 0.500. The lowest BCUT2D eigenvalue weighted by Gasteiger charge is -1.92. The lowest BCUT2D eigenvalue weighted by molar-refractivity contribution is 0.445. The van der Waals surface area contributed by atoms with Crippen molar-refractivity contribution in [1.29, 1.82) is 0 Å². The fourth-order valence-electron chi connectivity index (χ4n) is 0.732. The van der Waals surface area contributed by atoms with Gasteiger partial charge in [0.2, 0.25) is 0 Å². The minimum absolute atomic E-state index is 0. The number of nitrogens with two attached hydrogens (primary N) is 1. The molecular weight excluding hydrogens is 169 g/mol. The second-order valence-electron chi connectivity index (χ2n) is 2.00. The molecule has 11 heavy (non-hydrogen) atoms. The number of hydrogen-bond donors (Lipinski definition) is 1. The van der Waals surface area contributed by atoms with E-state index < -0.39 is 0 Å². The highest BCUT2D eigenvalue weighted by Gasteiger charge is 1.93. The predicted octanol–water partition coefficient (Wildman–Crippen LogP) is 0.733. The van der Waals surface area contributed by atoms with Gasteiger partial charge in [0.1, 0.15) is 6.67 Å².